The van der Waals surface area contributed by atoms with Crippen molar-refractivity contribution >= 4 is 32.6 Å². The number of rotatable bonds is 5. The maximum absolute atomic E-state index is 15.9. The van der Waals surface area contributed by atoms with Crippen LogP contribution in [0.4, 0.5) is 14.6 Å². The Morgan fingerprint density at radius 1 is 1.12 bits per heavy atom. The molecule has 224 valence electrons. The molecule has 1 aliphatic rings. The van der Waals surface area contributed by atoms with Gasteiger partial charge in [-0.2, -0.15) is 4.98 Å². The summed E-state index contributed by atoms with van der Waals surface area (Å²) < 4.78 is 57.3. The predicted octanol–water partition coefficient (Wildman–Crippen LogP) is 3.15. The Morgan fingerprint density at radius 2 is 1.79 bits per heavy atom. The first-order chi connectivity index (χ1) is 20.2. The molecule has 2 atom stereocenters. The summed E-state index contributed by atoms with van der Waals surface area (Å²) in [4.78, 5) is 42.1. The van der Waals surface area contributed by atoms with Gasteiger partial charge in [0.2, 0.25) is 5.91 Å². The fourth-order valence-electron chi connectivity index (χ4n) is 5.58. The van der Waals surface area contributed by atoms with E-state index in [2.05, 4.69) is 21.5 Å². The van der Waals surface area contributed by atoms with Crippen LogP contribution in [0.15, 0.2) is 58.9 Å². The number of carbonyl (C=O) groups excluding carboxylic acids is 1. The van der Waals surface area contributed by atoms with Gasteiger partial charge in [-0.25, -0.2) is 31.5 Å². The number of fused-ring (bicyclic) bond motifs is 1. The van der Waals surface area contributed by atoms with E-state index in [0.717, 1.165) is 29.0 Å². The minimum absolute atomic E-state index is 0.0154. The lowest BCUT2D eigenvalue weighted by Gasteiger charge is -2.45. The molecule has 0 aliphatic carbocycles. The number of sulfone groups is 1. The van der Waals surface area contributed by atoms with E-state index < -0.39 is 56.3 Å². The molecule has 14 heteroatoms. The second kappa shape index (κ2) is 10.8. The summed E-state index contributed by atoms with van der Waals surface area (Å²) in [7, 11) is -3.92. The number of aryl methyl sites for hydroxylation is 1. The number of anilines is 1. The van der Waals surface area contributed by atoms with Gasteiger partial charge < -0.3 is 14.9 Å². The van der Waals surface area contributed by atoms with Crippen LogP contribution in [0, 0.1) is 18.6 Å². The molecule has 4 heterocycles. The Hall–Kier alpha value is -4.72. The third-order valence-electron chi connectivity index (χ3n) is 7.37. The largest absolute Gasteiger partial charge is 0.507 e. The molecule has 1 saturated heterocycles. The third-order valence-corrected chi connectivity index (χ3v) is 8.50. The van der Waals surface area contributed by atoms with Crippen molar-refractivity contribution < 1.29 is 27.1 Å². The summed E-state index contributed by atoms with van der Waals surface area (Å²) in [6, 6.07) is 4.86. The quantitative estimate of drug-likeness (QED) is 0.338. The average Bonchev–Trinajstić information content (AvgIpc) is 2.92. The van der Waals surface area contributed by atoms with E-state index in [9.17, 15) is 27.5 Å². The minimum Gasteiger partial charge on any atom is -0.507 e. The predicted molar refractivity (Wildman–Crippen MR) is 156 cm³/mol. The first kappa shape index (κ1) is 29.8. The number of aromatic nitrogens is 4. The Bertz CT molecular complexity index is 1950. The fraction of sp³-hybridized carbons (Fsp3) is 0.276. The van der Waals surface area contributed by atoms with Crippen LogP contribution >= 0.6 is 0 Å². The number of piperazine rings is 1. The highest BCUT2D eigenvalue weighted by Gasteiger charge is 2.35. The lowest BCUT2D eigenvalue weighted by molar-refractivity contribution is -0.127. The van der Waals surface area contributed by atoms with E-state index in [1.807, 2.05) is 0 Å². The van der Waals surface area contributed by atoms with Crippen molar-refractivity contribution in [3.63, 3.8) is 0 Å². The molecule has 11 nitrogen and oxygen atoms in total. The zero-order chi connectivity index (χ0) is 31.4. The van der Waals surface area contributed by atoms with Crippen molar-refractivity contribution in [2.24, 2.45) is 0 Å². The summed E-state index contributed by atoms with van der Waals surface area (Å²) in [5.74, 6) is -2.80. The van der Waals surface area contributed by atoms with Gasteiger partial charge in [-0.05, 0) is 51.1 Å². The van der Waals surface area contributed by atoms with Crippen LogP contribution in [-0.2, 0) is 14.6 Å². The monoisotopic (exact) mass is 610 g/mol. The van der Waals surface area contributed by atoms with Crippen molar-refractivity contribution in [2.75, 3.05) is 24.2 Å². The van der Waals surface area contributed by atoms with Crippen LogP contribution in [0.3, 0.4) is 0 Å². The average molecular weight is 611 g/mol. The minimum atomic E-state index is -3.92. The van der Waals surface area contributed by atoms with Crippen molar-refractivity contribution in [3.05, 3.63) is 77.0 Å². The topological polar surface area (TPSA) is 139 Å². The number of hydrogen-bond donors (Lipinski definition) is 1. The number of aromatic hydroxyl groups is 1. The first-order valence-corrected chi connectivity index (χ1v) is 15.1. The molecule has 1 N–H and O–H groups in total. The maximum Gasteiger partial charge on any atom is 0.355 e. The summed E-state index contributed by atoms with van der Waals surface area (Å²) in [5.41, 5.74) is -2.33. The zero-order valence-electron chi connectivity index (χ0n) is 23.7. The van der Waals surface area contributed by atoms with Crippen molar-refractivity contribution in [1.82, 2.24) is 24.4 Å². The molecule has 0 unspecified atom stereocenters. The van der Waals surface area contributed by atoms with Gasteiger partial charge in [0.1, 0.15) is 23.1 Å². The molecule has 3 aromatic heterocycles. The molecule has 0 radical (unpaired) electrons. The summed E-state index contributed by atoms with van der Waals surface area (Å²) in [6.45, 7) is 9.14. The summed E-state index contributed by atoms with van der Waals surface area (Å²) in [6.07, 6.45) is 3.44. The van der Waals surface area contributed by atoms with E-state index >= 15 is 4.39 Å². The van der Waals surface area contributed by atoms with E-state index in [1.165, 1.54) is 31.3 Å². The molecule has 43 heavy (non-hydrogen) atoms. The number of nitrogens with zero attached hydrogens (tertiary/aromatic N) is 6. The molecule has 5 rings (SSSR count). The Balaban J connectivity index is 1.89. The molecular weight excluding hydrogens is 582 g/mol. The van der Waals surface area contributed by atoms with Gasteiger partial charge in [0.25, 0.3) is 0 Å². The van der Waals surface area contributed by atoms with Gasteiger partial charge in [-0.15, -0.1) is 0 Å². The molecule has 1 amide bonds. The van der Waals surface area contributed by atoms with Gasteiger partial charge in [0.15, 0.2) is 21.3 Å². The molecular formula is C29H28F2N6O5S. The molecule has 4 aromatic rings. The number of hydrogen-bond acceptors (Lipinski definition) is 9. The molecule has 0 spiro atoms. The normalized spacial score (nSPS) is 17.3. The summed E-state index contributed by atoms with van der Waals surface area (Å²) in [5, 5.41) is 10.4. The second-order valence-corrected chi connectivity index (χ2v) is 12.4. The third kappa shape index (κ3) is 5.11. The smallest absolute Gasteiger partial charge is 0.355 e. The SMILES string of the molecule is C=CC(=O)N1C[C@H](C)N(c2nc(=O)n(-c3c(S(C)(=O)=O)ccnc3C)c3nc(-c4c(O)cccc4F)c(F)cc23)[C@@H](C)C1. The van der Waals surface area contributed by atoms with Gasteiger partial charge in [0.05, 0.1) is 27.2 Å². The van der Waals surface area contributed by atoms with Crippen LogP contribution in [0.5, 0.6) is 5.75 Å². The van der Waals surface area contributed by atoms with Gasteiger partial charge in [-0.3, -0.25) is 9.78 Å². The van der Waals surface area contributed by atoms with Crippen molar-refractivity contribution in [1.29, 1.82) is 0 Å². The number of phenols is 1. The lowest BCUT2D eigenvalue weighted by atomic mass is 10.1. The molecule has 1 aromatic carbocycles. The number of benzene rings is 1. The first-order valence-electron chi connectivity index (χ1n) is 13.2. The van der Waals surface area contributed by atoms with Crippen LogP contribution in [0.25, 0.3) is 28.0 Å². The second-order valence-electron chi connectivity index (χ2n) is 10.4. The molecule has 1 fully saturated rings. The van der Waals surface area contributed by atoms with Gasteiger partial charge in [0, 0.05) is 37.6 Å². The number of phenolic OH excluding ortho intramolecular Hbond substituents is 1. The van der Waals surface area contributed by atoms with Crippen molar-refractivity contribution in [3.8, 4) is 22.7 Å². The Labute approximate surface area is 245 Å². The number of amides is 1. The highest BCUT2D eigenvalue weighted by atomic mass is 32.2. The number of halogens is 2. The van der Waals surface area contributed by atoms with Crippen LogP contribution in [-0.4, -0.2) is 75.3 Å². The van der Waals surface area contributed by atoms with E-state index in [4.69, 9.17) is 0 Å². The van der Waals surface area contributed by atoms with E-state index in [0.29, 0.717) is 0 Å². The van der Waals surface area contributed by atoms with Gasteiger partial charge >= 0.3 is 5.69 Å². The highest BCUT2D eigenvalue weighted by Crippen LogP contribution is 2.37. The van der Waals surface area contributed by atoms with Crippen LogP contribution in [0.1, 0.15) is 19.5 Å². The lowest BCUT2D eigenvalue weighted by Crippen LogP contribution is -2.58. The number of pyridine rings is 2. The Kier molecular flexibility index (Phi) is 7.50. The molecule has 0 saturated carbocycles. The van der Waals surface area contributed by atoms with E-state index in [1.54, 1.807) is 23.6 Å². The van der Waals surface area contributed by atoms with Crippen LogP contribution < -0.4 is 10.6 Å². The maximum atomic E-state index is 15.9. The summed E-state index contributed by atoms with van der Waals surface area (Å²) >= 11 is 0. The fourth-order valence-corrected chi connectivity index (χ4v) is 6.48. The van der Waals surface area contributed by atoms with E-state index in [-0.39, 0.29) is 52.1 Å². The number of carbonyl (C=O) groups is 1. The highest BCUT2D eigenvalue weighted by molar-refractivity contribution is 7.90. The Morgan fingerprint density at radius 3 is 2.40 bits per heavy atom. The van der Waals surface area contributed by atoms with Gasteiger partial charge in [-0.1, -0.05) is 12.6 Å². The zero-order valence-corrected chi connectivity index (χ0v) is 24.6. The van der Waals surface area contributed by atoms with Crippen molar-refractivity contribution in [2.45, 2.75) is 37.8 Å². The molecule has 1 aliphatic heterocycles. The standard InChI is InChI=1S/C29H28F2N6O5S/c1-6-23(39)35-13-15(2)36(16(3)14-35)28-18-12-20(31)25(24-19(30)8-7-9-21(24)38)33-27(18)37(29(40)34-28)26-17(4)32-11-10-22(26)43(5,41)42/h6-12,15-16,38H,1,13-14H2,2-5H3/t15-,16-/m0/s1. The molecule has 0 bridgehead atoms. The van der Waals surface area contributed by atoms with Crippen LogP contribution in [0.2, 0.25) is 0 Å².